The van der Waals surface area contributed by atoms with Crippen molar-refractivity contribution >= 4 is 23.2 Å². The van der Waals surface area contributed by atoms with Crippen molar-refractivity contribution in [2.75, 3.05) is 10.6 Å². The second-order valence-corrected chi connectivity index (χ2v) is 8.64. The molecule has 12 heteroatoms. The Bertz CT molecular complexity index is 1480. The number of nitrogens with zero attached hydrogens (tertiary/aromatic N) is 2. The molecular weight excluding hydrogens is 506 g/mol. The van der Waals surface area contributed by atoms with Crippen LogP contribution >= 0.6 is 0 Å². The van der Waals surface area contributed by atoms with Crippen molar-refractivity contribution in [1.82, 2.24) is 15.0 Å². The molecule has 0 atom stereocenters. The highest BCUT2D eigenvalue weighted by Crippen LogP contribution is 2.47. The summed E-state index contributed by atoms with van der Waals surface area (Å²) in [4.78, 5) is 35.5. The van der Waals surface area contributed by atoms with Gasteiger partial charge in [-0.25, -0.2) is 9.37 Å². The number of imidazole rings is 1. The summed E-state index contributed by atoms with van der Waals surface area (Å²) in [6.45, 7) is 0. The van der Waals surface area contributed by atoms with Crippen LogP contribution in [-0.2, 0) is 15.8 Å². The number of pyridine rings is 1. The van der Waals surface area contributed by atoms with E-state index in [1.165, 1.54) is 42.6 Å². The maximum atomic E-state index is 13.1. The fourth-order valence-corrected chi connectivity index (χ4v) is 3.66. The van der Waals surface area contributed by atoms with Gasteiger partial charge in [-0.1, -0.05) is 0 Å². The minimum absolute atomic E-state index is 0.0571. The number of anilines is 2. The molecule has 2 amide bonds. The van der Waals surface area contributed by atoms with Crippen molar-refractivity contribution in [3.05, 3.63) is 84.6 Å². The monoisotopic (exact) mass is 525 g/mol. The number of carbonyl (C=O) groups excluding carboxylic acids is 2. The number of amides is 2. The van der Waals surface area contributed by atoms with Gasteiger partial charge in [0.15, 0.2) is 5.82 Å². The number of rotatable bonds is 7. The second kappa shape index (κ2) is 9.61. The van der Waals surface area contributed by atoms with Gasteiger partial charge in [-0.3, -0.25) is 14.6 Å². The molecule has 0 radical (unpaired) electrons. The Morgan fingerprint density at radius 2 is 1.47 bits per heavy atom. The molecule has 2 aromatic carbocycles. The van der Waals surface area contributed by atoms with Crippen molar-refractivity contribution in [1.29, 1.82) is 0 Å². The van der Waals surface area contributed by atoms with Crippen LogP contribution in [0.3, 0.4) is 0 Å². The molecule has 0 spiro atoms. The predicted octanol–water partition coefficient (Wildman–Crippen LogP) is 5.78. The molecule has 1 aliphatic rings. The first kappa shape index (κ1) is 24.9. The lowest BCUT2D eigenvalue weighted by atomic mass is 10.0. The van der Waals surface area contributed by atoms with E-state index in [4.69, 9.17) is 4.74 Å². The van der Waals surface area contributed by atoms with Gasteiger partial charge in [0.2, 0.25) is 11.8 Å². The number of alkyl halides is 3. The highest BCUT2D eigenvalue weighted by atomic mass is 19.4. The van der Waals surface area contributed by atoms with Gasteiger partial charge in [-0.15, -0.1) is 0 Å². The summed E-state index contributed by atoms with van der Waals surface area (Å²) in [5.74, 6) is -0.707. The Labute approximate surface area is 213 Å². The largest absolute Gasteiger partial charge is 0.457 e. The molecule has 2 heterocycles. The first-order chi connectivity index (χ1) is 18.1. The maximum Gasteiger partial charge on any atom is 0.432 e. The second-order valence-electron chi connectivity index (χ2n) is 8.64. The summed E-state index contributed by atoms with van der Waals surface area (Å²) in [6.07, 6.45) is -1.71. The highest BCUT2D eigenvalue weighted by molar-refractivity contribution is 6.16. The number of halogens is 4. The summed E-state index contributed by atoms with van der Waals surface area (Å²) in [5.41, 5.74) is -1.19. The molecule has 1 saturated carbocycles. The quantitative estimate of drug-likeness (QED) is 0.209. The molecule has 0 bridgehead atoms. The van der Waals surface area contributed by atoms with Crippen LogP contribution in [0.5, 0.6) is 11.5 Å². The zero-order valence-electron chi connectivity index (χ0n) is 19.5. The number of ether oxygens (including phenoxy) is 1. The molecule has 194 valence electrons. The molecule has 0 unspecified atom stereocenters. The molecule has 3 N–H and O–H groups in total. The zero-order chi connectivity index (χ0) is 26.9. The third-order valence-corrected chi connectivity index (χ3v) is 5.92. The number of nitrogens with one attached hydrogen (secondary N) is 3. The average molecular weight is 525 g/mol. The van der Waals surface area contributed by atoms with E-state index in [0.29, 0.717) is 41.9 Å². The van der Waals surface area contributed by atoms with Crippen LogP contribution in [0.15, 0.2) is 73.1 Å². The molecule has 5 rings (SSSR count). The molecule has 0 aliphatic heterocycles. The van der Waals surface area contributed by atoms with Gasteiger partial charge >= 0.3 is 6.18 Å². The molecular formula is C26H19F4N5O3. The van der Waals surface area contributed by atoms with E-state index < -0.39 is 34.9 Å². The standard InChI is InChI=1S/C26H19F4N5O3/c27-15-1-3-16(4-2-15)33-23(36)25(10-11-25)24(37)34-17-5-7-18(8-6-17)38-19-9-12-31-20(13-19)22-32-14-21(35-22)26(28,29)30/h1-9,12-14H,10-11H2,(H,32,35)(H,33,36)(H,34,37). The van der Waals surface area contributed by atoms with E-state index in [1.807, 2.05) is 0 Å². The molecule has 0 saturated heterocycles. The Hall–Kier alpha value is -4.74. The van der Waals surface area contributed by atoms with Crippen LogP contribution < -0.4 is 15.4 Å². The van der Waals surface area contributed by atoms with Crippen molar-refractivity contribution in [3.63, 3.8) is 0 Å². The van der Waals surface area contributed by atoms with Crippen molar-refractivity contribution < 1.29 is 31.9 Å². The van der Waals surface area contributed by atoms with Crippen LogP contribution in [0.4, 0.5) is 28.9 Å². The van der Waals surface area contributed by atoms with E-state index in [-0.39, 0.29) is 11.5 Å². The van der Waals surface area contributed by atoms with Gasteiger partial charge < -0.3 is 20.4 Å². The number of benzene rings is 2. The Morgan fingerprint density at radius 3 is 2.03 bits per heavy atom. The number of aromatic amines is 1. The van der Waals surface area contributed by atoms with Crippen LogP contribution in [0.1, 0.15) is 18.5 Å². The number of hydrogen-bond donors (Lipinski definition) is 3. The lowest BCUT2D eigenvalue weighted by molar-refractivity contribution is -0.141. The van der Waals surface area contributed by atoms with E-state index in [1.54, 1.807) is 24.3 Å². The van der Waals surface area contributed by atoms with Crippen LogP contribution in [-0.4, -0.2) is 26.8 Å². The Kier molecular flexibility index (Phi) is 6.31. The Balaban J connectivity index is 1.21. The number of carbonyl (C=O) groups is 2. The van der Waals surface area contributed by atoms with Crippen molar-refractivity contribution in [2.45, 2.75) is 19.0 Å². The molecule has 8 nitrogen and oxygen atoms in total. The molecule has 1 fully saturated rings. The van der Waals surface area contributed by atoms with Gasteiger partial charge in [0.1, 0.15) is 34.1 Å². The fraction of sp³-hybridized carbons (Fsp3) is 0.154. The SMILES string of the molecule is O=C(Nc1ccc(F)cc1)C1(C(=O)Nc2ccc(Oc3ccnc(-c4ncc(C(F)(F)F)[nH]4)c3)cc2)CC1. The predicted molar refractivity (Wildman–Crippen MR) is 129 cm³/mol. The van der Waals surface area contributed by atoms with Gasteiger partial charge in [-0.05, 0) is 67.4 Å². The summed E-state index contributed by atoms with van der Waals surface area (Å²) in [5, 5.41) is 5.37. The van der Waals surface area contributed by atoms with E-state index in [2.05, 4.69) is 25.6 Å². The molecule has 38 heavy (non-hydrogen) atoms. The highest BCUT2D eigenvalue weighted by Gasteiger charge is 2.56. The molecule has 1 aliphatic carbocycles. The van der Waals surface area contributed by atoms with Gasteiger partial charge in [0.05, 0.1) is 6.20 Å². The molecule has 4 aromatic rings. The van der Waals surface area contributed by atoms with E-state index in [0.717, 1.165) is 0 Å². The van der Waals surface area contributed by atoms with Crippen LogP contribution in [0.25, 0.3) is 11.5 Å². The number of hydrogen-bond acceptors (Lipinski definition) is 5. The third kappa shape index (κ3) is 5.33. The fourth-order valence-electron chi connectivity index (χ4n) is 3.66. The zero-order valence-corrected chi connectivity index (χ0v) is 19.5. The minimum Gasteiger partial charge on any atom is -0.457 e. The summed E-state index contributed by atoms with van der Waals surface area (Å²) in [6, 6.07) is 14.6. The normalized spacial score (nSPS) is 14.0. The maximum absolute atomic E-state index is 13.1. The Morgan fingerprint density at radius 1 is 0.868 bits per heavy atom. The summed E-state index contributed by atoms with van der Waals surface area (Å²) < 4.78 is 57.3. The van der Waals surface area contributed by atoms with E-state index >= 15 is 0 Å². The van der Waals surface area contributed by atoms with Crippen LogP contribution in [0, 0.1) is 11.2 Å². The lowest BCUT2D eigenvalue weighted by Crippen LogP contribution is -2.35. The smallest absolute Gasteiger partial charge is 0.432 e. The number of aromatic nitrogens is 3. The topological polar surface area (TPSA) is 109 Å². The summed E-state index contributed by atoms with van der Waals surface area (Å²) >= 11 is 0. The average Bonchev–Trinajstić information content (AvgIpc) is 3.55. The number of H-pyrrole nitrogens is 1. The van der Waals surface area contributed by atoms with Gasteiger partial charge in [-0.2, -0.15) is 13.2 Å². The van der Waals surface area contributed by atoms with Crippen LogP contribution in [0.2, 0.25) is 0 Å². The first-order valence-electron chi connectivity index (χ1n) is 11.4. The van der Waals surface area contributed by atoms with Crippen molar-refractivity contribution in [2.24, 2.45) is 5.41 Å². The van der Waals surface area contributed by atoms with E-state index in [9.17, 15) is 27.2 Å². The molecule has 2 aromatic heterocycles. The summed E-state index contributed by atoms with van der Waals surface area (Å²) in [7, 11) is 0. The van der Waals surface area contributed by atoms with Gasteiger partial charge in [0.25, 0.3) is 0 Å². The van der Waals surface area contributed by atoms with Crippen molar-refractivity contribution in [3.8, 4) is 23.0 Å². The minimum atomic E-state index is -4.55. The lowest BCUT2D eigenvalue weighted by Gasteiger charge is -2.16. The third-order valence-electron chi connectivity index (χ3n) is 5.92. The van der Waals surface area contributed by atoms with Gasteiger partial charge in [0, 0.05) is 23.6 Å². The first-order valence-corrected chi connectivity index (χ1v) is 11.4.